The standard InChI is InChI=1S/C41H41N5O6/c1-4-41(5-2,28-10-13-31(14-11-28)52-37-23-42-34(22-43-37)24(3)47)27-8-6-25(7-9-27)18-26-19-30(20-26)44-29-12-15-32-33(21-29)40(51)46(39(32)50)35-16-17-36(48)45-38(35)49/h6-15,21-23,26,30,35,44H,4-5,16-20H2,1-3H3,(H,45,48,49). The van der Waals surface area contributed by atoms with Crippen LogP contribution in [0.2, 0.25) is 0 Å². The first-order valence-electron chi connectivity index (χ1n) is 17.9. The number of nitrogens with one attached hydrogen (secondary N) is 2. The van der Waals surface area contributed by atoms with Gasteiger partial charge in [0.05, 0.1) is 23.5 Å². The highest BCUT2D eigenvalue weighted by Crippen LogP contribution is 2.41. The van der Waals surface area contributed by atoms with E-state index < -0.39 is 29.7 Å². The van der Waals surface area contributed by atoms with Gasteiger partial charge < -0.3 is 10.1 Å². The summed E-state index contributed by atoms with van der Waals surface area (Å²) in [5.74, 6) is -0.646. The third-order valence-electron chi connectivity index (χ3n) is 10.9. The summed E-state index contributed by atoms with van der Waals surface area (Å²) in [7, 11) is 0. The van der Waals surface area contributed by atoms with Crippen LogP contribution in [-0.4, -0.2) is 56.4 Å². The topological polar surface area (TPSA) is 148 Å². The maximum Gasteiger partial charge on any atom is 0.262 e. The van der Waals surface area contributed by atoms with Gasteiger partial charge in [0.1, 0.15) is 17.5 Å². The lowest BCUT2D eigenvalue weighted by molar-refractivity contribution is -0.136. The van der Waals surface area contributed by atoms with Gasteiger partial charge in [0, 0.05) is 30.5 Å². The zero-order chi connectivity index (χ0) is 36.6. The molecule has 1 saturated carbocycles. The average molecular weight is 700 g/mol. The number of Topliss-reactive ketones (excluding diaryl/α,β-unsaturated/α-hetero) is 1. The van der Waals surface area contributed by atoms with E-state index in [0.29, 0.717) is 23.2 Å². The number of amides is 4. The molecule has 266 valence electrons. The molecule has 1 aliphatic carbocycles. The molecule has 2 fully saturated rings. The number of carbonyl (C=O) groups excluding carboxylic acids is 5. The monoisotopic (exact) mass is 699 g/mol. The van der Waals surface area contributed by atoms with E-state index in [0.717, 1.165) is 42.7 Å². The molecule has 3 aliphatic rings. The highest BCUT2D eigenvalue weighted by molar-refractivity contribution is 6.23. The molecule has 2 N–H and O–H groups in total. The first-order chi connectivity index (χ1) is 25.1. The largest absolute Gasteiger partial charge is 0.438 e. The molecule has 0 radical (unpaired) electrons. The minimum atomic E-state index is -0.975. The number of piperidine rings is 1. The molecule has 0 bridgehead atoms. The Labute approximate surface area is 302 Å². The van der Waals surface area contributed by atoms with Gasteiger partial charge in [-0.05, 0) is 91.5 Å². The maximum absolute atomic E-state index is 13.2. The van der Waals surface area contributed by atoms with Crippen LogP contribution in [0.25, 0.3) is 0 Å². The number of anilines is 1. The van der Waals surface area contributed by atoms with E-state index in [1.54, 1.807) is 12.1 Å². The molecular formula is C41H41N5O6. The van der Waals surface area contributed by atoms with Crippen molar-refractivity contribution in [3.8, 4) is 11.6 Å². The van der Waals surface area contributed by atoms with Crippen LogP contribution in [0.3, 0.4) is 0 Å². The van der Waals surface area contributed by atoms with Crippen molar-refractivity contribution in [3.63, 3.8) is 0 Å². The van der Waals surface area contributed by atoms with Crippen LogP contribution >= 0.6 is 0 Å². The first kappa shape index (κ1) is 34.7. The molecule has 11 nitrogen and oxygen atoms in total. The Kier molecular flexibility index (Phi) is 9.44. The molecular weight excluding hydrogens is 658 g/mol. The number of imide groups is 2. The van der Waals surface area contributed by atoms with Gasteiger partial charge in [-0.3, -0.25) is 34.2 Å². The lowest BCUT2D eigenvalue weighted by Crippen LogP contribution is -2.54. The molecule has 1 atom stereocenters. The van der Waals surface area contributed by atoms with Gasteiger partial charge in [-0.1, -0.05) is 50.2 Å². The van der Waals surface area contributed by atoms with Crippen LogP contribution in [-0.2, 0) is 21.4 Å². The van der Waals surface area contributed by atoms with E-state index in [4.69, 9.17) is 4.74 Å². The average Bonchev–Trinajstić information content (AvgIpc) is 3.37. The van der Waals surface area contributed by atoms with Gasteiger partial charge in [0.15, 0.2) is 5.78 Å². The molecule has 11 heteroatoms. The zero-order valence-electron chi connectivity index (χ0n) is 29.5. The summed E-state index contributed by atoms with van der Waals surface area (Å²) in [4.78, 5) is 71.0. The molecule has 3 heterocycles. The Bertz CT molecular complexity index is 2030. The predicted molar refractivity (Wildman–Crippen MR) is 193 cm³/mol. The summed E-state index contributed by atoms with van der Waals surface area (Å²) in [6.45, 7) is 5.89. The number of hydrogen-bond acceptors (Lipinski definition) is 9. The number of fused-ring (bicyclic) bond motifs is 1. The van der Waals surface area contributed by atoms with E-state index in [1.165, 1.54) is 36.0 Å². The summed E-state index contributed by atoms with van der Waals surface area (Å²) in [6, 6.07) is 21.5. The Morgan fingerprint density at radius 1 is 0.885 bits per heavy atom. The summed E-state index contributed by atoms with van der Waals surface area (Å²) in [5, 5.41) is 5.75. The lowest BCUT2D eigenvalue weighted by Gasteiger charge is -2.37. The van der Waals surface area contributed by atoms with Gasteiger partial charge in [0.25, 0.3) is 11.8 Å². The number of rotatable bonds is 12. The van der Waals surface area contributed by atoms with Gasteiger partial charge in [-0.2, -0.15) is 0 Å². The molecule has 7 rings (SSSR count). The van der Waals surface area contributed by atoms with Crippen LogP contribution in [0.5, 0.6) is 11.6 Å². The van der Waals surface area contributed by atoms with Crippen LogP contribution < -0.4 is 15.4 Å². The molecule has 1 aromatic heterocycles. The molecule has 52 heavy (non-hydrogen) atoms. The second-order valence-corrected chi connectivity index (χ2v) is 14.0. The fourth-order valence-electron chi connectivity index (χ4n) is 7.86. The molecule has 4 aromatic rings. The van der Waals surface area contributed by atoms with Crippen molar-refractivity contribution in [2.24, 2.45) is 5.92 Å². The number of ketones is 1. The van der Waals surface area contributed by atoms with E-state index in [-0.39, 0.29) is 41.2 Å². The predicted octanol–water partition coefficient (Wildman–Crippen LogP) is 6.41. The van der Waals surface area contributed by atoms with Crippen molar-refractivity contribution in [2.75, 3.05) is 5.32 Å². The molecule has 0 spiro atoms. The van der Waals surface area contributed by atoms with Gasteiger partial charge in [-0.25, -0.2) is 9.97 Å². The third-order valence-corrected chi connectivity index (χ3v) is 10.9. The van der Waals surface area contributed by atoms with Crippen LogP contribution in [0, 0.1) is 5.92 Å². The summed E-state index contributed by atoms with van der Waals surface area (Å²) in [5.41, 5.74) is 5.26. The lowest BCUT2D eigenvalue weighted by atomic mass is 9.70. The van der Waals surface area contributed by atoms with Crippen molar-refractivity contribution >= 4 is 35.1 Å². The first-order valence-corrected chi connectivity index (χ1v) is 17.9. The second-order valence-electron chi connectivity index (χ2n) is 14.0. The fraction of sp³-hybridized carbons (Fsp3) is 0.341. The summed E-state index contributed by atoms with van der Waals surface area (Å²) >= 11 is 0. The molecule has 4 amide bonds. The quantitative estimate of drug-likeness (QED) is 0.126. The zero-order valence-corrected chi connectivity index (χ0v) is 29.5. The Morgan fingerprint density at radius 3 is 2.17 bits per heavy atom. The fourth-order valence-corrected chi connectivity index (χ4v) is 7.86. The normalized spacial score (nSPS) is 19.9. The summed E-state index contributed by atoms with van der Waals surface area (Å²) < 4.78 is 5.88. The third kappa shape index (κ3) is 6.58. The molecule has 2 aliphatic heterocycles. The molecule has 3 aromatic carbocycles. The van der Waals surface area contributed by atoms with Crippen molar-refractivity contribution < 1.29 is 28.7 Å². The molecule has 1 saturated heterocycles. The van der Waals surface area contributed by atoms with E-state index in [2.05, 4.69) is 70.8 Å². The maximum atomic E-state index is 13.2. The Morgan fingerprint density at radius 2 is 1.56 bits per heavy atom. The highest BCUT2D eigenvalue weighted by Gasteiger charge is 2.45. The van der Waals surface area contributed by atoms with Crippen LogP contribution in [0.15, 0.2) is 79.1 Å². The SMILES string of the molecule is CCC(CC)(c1ccc(CC2CC(Nc3ccc4c(c3)C(=O)N(C3CCC(=O)NC3=O)C4=O)C2)cc1)c1ccc(Oc2cnc(C(C)=O)cn2)cc1. The van der Waals surface area contributed by atoms with Gasteiger partial charge in [0.2, 0.25) is 17.7 Å². The number of hydrogen-bond donors (Lipinski definition) is 2. The van der Waals surface area contributed by atoms with E-state index in [9.17, 15) is 24.0 Å². The smallest absolute Gasteiger partial charge is 0.262 e. The number of aromatic nitrogens is 2. The van der Waals surface area contributed by atoms with E-state index in [1.807, 2.05) is 18.2 Å². The van der Waals surface area contributed by atoms with Crippen molar-refractivity contribution in [2.45, 2.75) is 83.2 Å². The summed E-state index contributed by atoms with van der Waals surface area (Å²) in [6.07, 6.45) is 7.93. The van der Waals surface area contributed by atoms with Crippen molar-refractivity contribution in [3.05, 3.63) is 113 Å². The van der Waals surface area contributed by atoms with Crippen LogP contribution in [0.4, 0.5) is 5.69 Å². The van der Waals surface area contributed by atoms with E-state index >= 15 is 0 Å². The number of carbonyl (C=O) groups is 5. The second kappa shape index (κ2) is 14.1. The number of ether oxygens (including phenoxy) is 1. The number of nitrogens with zero attached hydrogens (tertiary/aromatic N) is 3. The van der Waals surface area contributed by atoms with Crippen molar-refractivity contribution in [1.82, 2.24) is 20.2 Å². The Balaban J connectivity index is 0.941. The van der Waals surface area contributed by atoms with Gasteiger partial charge in [-0.15, -0.1) is 0 Å². The van der Waals surface area contributed by atoms with Gasteiger partial charge >= 0.3 is 0 Å². The minimum absolute atomic E-state index is 0.0896. The minimum Gasteiger partial charge on any atom is -0.438 e. The highest BCUT2D eigenvalue weighted by atomic mass is 16.5. The van der Waals surface area contributed by atoms with Crippen molar-refractivity contribution in [1.29, 1.82) is 0 Å². The Hall–Kier alpha value is -5.71. The van der Waals surface area contributed by atoms with Crippen LogP contribution in [0.1, 0.15) is 107 Å². The number of benzene rings is 3. The molecule has 1 unspecified atom stereocenters.